The molecule has 2 aliphatic rings. The number of benzene rings is 1. The highest BCUT2D eigenvalue weighted by Gasteiger charge is 2.60. The van der Waals surface area contributed by atoms with E-state index in [9.17, 15) is 5.11 Å². The zero-order chi connectivity index (χ0) is 21.8. The van der Waals surface area contributed by atoms with Gasteiger partial charge in [-0.15, -0.1) is 10.2 Å². The number of halogens is 1. The monoisotopic (exact) mass is 423 g/mol. The summed E-state index contributed by atoms with van der Waals surface area (Å²) < 4.78 is 23.1. The van der Waals surface area contributed by atoms with Crippen LogP contribution in [0.5, 0.6) is 11.6 Å². The topological polar surface area (TPSA) is 76.3 Å². The van der Waals surface area contributed by atoms with E-state index in [4.69, 9.17) is 4.74 Å². The summed E-state index contributed by atoms with van der Waals surface area (Å²) in [7, 11) is 2.01. The van der Waals surface area contributed by atoms with Crippen LogP contribution in [0.3, 0.4) is 0 Å². The molecule has 31 heavy (non-hydrogen) atoms. The molecule has 2 aromatic heterocycles. The van der Waals surface area contributed by atoms with Crippen molar-refractivity contribution < 1.29 is 14.2 Å². The van der Waals surface area contributed by atoms with E-state index in [1.54, 1.807) is 47.6 Å². The minimum atomic E-state index is -1.10. The number of phenols is 1. The Morgan fingerprint density at radius 2 is 2.00 bits per heavy atom. The zero-order valence-corrected chi connectivity index (χ0v) is 17.9. The molecule has 2 fully saturated rings. The summed E-state index contributed by atoms with van der Waals surface area (Å²) in [6, 6.07) is 8.71. The zero-order valence-electron chi connectivity index (χ0n) is 17.9. The van der Waals surface area contributed by atoms with Crippen molar-refractivity contribution in [2.75, 3.05) is 7.05 Å². The average molecular weight is 423 g/mol. The van der Waals surface area contributed by atoms with Crippen molar-refractivity contribution in [2.45, 2.75) is 56.5 Å². The summed E-state index contributed by atoms with van der Waals surface area (Å²) in [5, 5.41) is 18.8. The summed E-state index contributed by atoms with van der Waals surface area (Å²) in [6.07, 6.45) is 5.86. The van der Waals surface area contributed by atoms with Crippen molar-refractivity contribution in [3.05, 3.63) is 49.1 Å². The SMILES string of the molecule is CN1[C@]2(C)CC[C@@]1(C)[C@H](F)[C@H](Oc1ccc(-c3ccc(-n4ccnc4)cc3O)nn1)C2. The molecular weight excluding hydrogens is 397 g/mol. The summed E-state index contributed by atoms with van der Waals surface area (Å²) in [5.41, 5.74) is 1.27. The van der Waals surface area contributed by atoms with Crippen LogP contribution < -0.4 is 4.74 Å². The third-order valence-corrected chi connectivity index (χ3v) is 7.28. The first-order valence-corrected chi connectivity index (χ1v) is 10.5. The van der Waals surface area contributed by atoms with Crippen molar-refractivity contribution in [3.63, 3.8) is 0 Å². The summed E-state index contributed by atoms with van der Waals surface area (Å²) in [5.74, 6) is 0.382. The molecule has 1 N–H and O–H groups in total. The average Bonchev–Trinajstić information content (AvgIpc) is 3.35. The highest BCUT2D eigenvalue weighted by Crippen LogP contribution is 2.51. The molecule has 2 aliphatic heterocycles. The van der Waals surface area contributed by atoms with Crippen molar-refractivity contribution >= 4 is 0 Å². The number of imidazole rings is 1. The predicted octanol–water partition coefficient (Wildman–Crippen LogP) is 3.77. The third-order valence-electron chi connectivity index (χ3n) is 7.28. The molecule has 0 amide bonds. The number of rotatable bonds is 4. The van der Waals surface area contributed by atoms with Crippen LogP contribution in [0.25, 0.3) is 16.9 Å². The second-order valence-corrected chi connectivity index (χ2v) is 9.10. The van der Waals surface area contributed by atoms with Crippen LogP contribution >= 0.6 is 0 Å². The lowest BCUT2D eigenvalue weighted by Gasteiger charge is -2.50. The maximum atomic E-state index is 15.3. The molecule has 0 unspecified atom stereocenters. The first-order valence-electron chi connectivity index (χ1n) is 10.5. The van der Waals surface area contributed by atoms with E-state index in [0.717, 1.165) is 18.5 Å². The Kier molecular flexibility index (Phi) is 4.51. The van der Waals surface area contributed by atoms with Gasteiger partial charge in [-0.05, 0) is 51.9 Å². The van der Waals surface area contributed by atoms with Gasteiger partial charge >= 0.3 is 0 Å². The molecule has 8 heteroatoms. The molecule has 5 rings (SSSR count). The predicted molar refractivity (Wildman–Crippen MR) is 114 cm³/mol. The smallest absolute Gasteiger partial charge is 0.233 e. The van der Waals surface area contributed by atoms with Gasteiger partial charge in [0.15, 0.2) is 6.17 Å². The fourth-order valence-electron chi connectivity index (χ4n) is 5.07. The second kappa shape index (κ2) is 7.02. The highest BCUT2D eigenvalue weighted by atomic mass is 19.1. The van der Waals surface area contributed by atoms with Gasteiger partial charge in [-0.3, -0.25) is 4.90 Å². The van der Waals surface area contributed by atoms with Crippen LogP contribution in [0.2, 0.25) is 0 Å². The van der Waals surface area contributed by atoms with E-state index >= 15 is 4.39 Å². The number of alkyl halides is 1. The van der Waals surface area contributed by atoms with E-state index in [2.05, 4.69) is 27.0 Å². The Morgan fingerprint density at radius 1 is 1.16 bits per heavy atom. The van der Waals surface area contributed by atoms with Crippen LogP contribution in [0, 0.1) is 0 Å². The minimum absolute atomic E-state index is 0.0713. The van der Waals surface area contributed by atoms with E-state index < -0.39 is 17.8 Å². The molecule has 0 saturated carbocycles. The number of aromatic nitrogens is 4. The number of piperidine rings is 1. The Balaban J connectivity index is 1.34. The van der Waals surface area contributed by atoms with Gasteiger partial charge in [0.05, 0.1) is 23.2 Å². The lowest BCUT2D eigenvalue weighted by molar-refractivity contribution is -0.0887. The maximum absolute atomic E-state index is 15.3. The van der Waals surface area contributed by atoms with Gasteiger partial charge in [-0.25, -0.2) is 9.37 Å². The maximum Gasteiger partial charge on any atom is 0.233 e. The van der Waals surface area contributed by atoms with E-state index in [1.165, 1.54) is 0 Å². The van der Waals surface area contributed by atoms with Gasteiger partial charge in [0.1, 0.15) is 11.9 Å². The van der Waals surface area contributed by atoms with Gasteiger partial charge in [0.25, 0.3) is 0 Å². The Morgan fingerprint density at radius 3 is 2.68 bits per heavy atom. The highest BCUT2D eigenvalue weighted by molar-refractivity contribution is 5.68. The van der Waals surface area contributed by atoms with Crippen molar-refractivity contribution in [1.82, 2.24) is 24.6 Å². The van der Waals surface area contributed by atoms with Gasteiger partial charge in [-0.2, -0.15) is 0 Å². The fraction of sp³-hybridized carbons (Fsp3) is 0.435. The summed E-state index contributed by atoms with van der Waals surface area (Å²) in [6.45, 7) is 4.15. The molecule has 2 bridgehead atoms. The molecule has 162 valence electrons. The van der Waals surface area contributed by atoms with E-state index in [1.807, 2.05) is 20.0 Å². The Bertz CT molecular complexity index is 1090. The summed E-state index contributed by atoms with van der Waals surface area (Å²) in [4.78, 5) is 6.19. The van der Waals surface area contributed by atoms with Crippen LogP contribution in [0.1, 0.15) is 33.1 Å². The van der Waals surface area contributed by atoms with E-state index in [0.29, 0.717) is 23.6 Å². The fourth-order valence-corrected chi connectivity index (χ4v) is 5.07. The minimum Gasteiger partial charge on any atom is -0.507 e. The molecule has 0 spiro atoms. The molecule has 4 heterocycles. The van der Waals surface area contributed by atoms with Crippen LogP contribution in [0.15, 0.2) is 49.1 Å². The number of nitrogens with zero attached hydrogens (tertiary/aromatic N) is 5. The van der Waals surface area contributed by atoms with Gasteiger partial charge < -0.3 is 14.4 Å². The largest absolute Gasteiger partial charge is 0.507 e. The number of ether oxygens (including phenoxy) is 1. The van der Waals surface area contributed by atoms with Crippen LogP contribution in [-0.4, -0.2) is 60.2 Å². The van der Waals surface area contributed by atoms with E-state index in [-0.39, 0.29) is 11.3 Å². The Hall–Kier alpha value is -3.00. The first-order chi connectivity index (χ1) is 14.8. The standard InChI is InChI=1S/C23H26FN5O2/c1-22-8-9-23(2,28(22)3)21(24)19(13-22)31-20-7-6-17(26-27-20)16-5-4-15(12-18(16)30)29-11-10-25-14-29/h4-7,10-12,14,19,21,30H,8-9,13H2,1-3H3/t19-,21-,22-,23+/m1/s1. The van der Waals surface area contributed by atoms with Gasteiger partial charge in [0.2, 0.25) is 5.88 Å². The molecule has 4 atom stereocenters. The van der Waals surface area contributed by atoms with Gasteiger partial charge in [-0.1, -0.05) is 0 Å². The number of aromatic hydroxyl groups is 1. The lowest BCUT2D eigenvalue weighted by Crippen LogP contribution is -2.64. The first kappa shape index (κ1) is 19.9. The number of hydrogen-bond acceptors (Lipinski definition) is 6. The number of fused-ring (bicyclic) bond motifs is 2. The van der Waals surface area contributed by atoms with Crippen molar-refractivity contribution in [1.29, 1.82) is 0 Å². The molecule has 0 aliphatic carbocycles. The van der Waals surface area contributed by atoms with Crippen LogP contribution in [0.4, 0.5) is 4.39 Å². The van der Waals surface area contributed by atoms with Crippen molar-refractivity contribution in [2.24, 2.45) is 0 Å². The quantitative estimate of drug-likeness (QED) is 0.689. The molecule has 7 nitrogen and oxygen atoms in total. The van der Waals surface area contributed by atoms with Crippen molar-refractivity contribution in [3.8, 4) is 28.6 Å². The molecule has 1 aromatic carbocycles. The summed E-state index contributed by atoms with van der Waals surface area (Å²) >= 11 is 0. The molecule has 0 radical (unpaired) electrons. The van der Waals surface area contributed by atoms with Crippen LogP contribution in [-0.2, 0) is 0 Å². The lowest BCUT2D eigenvalue weighted by atomic mass is 9.82. The number of hydrogen-bond donors (Lipinski definition) is 1. The third kappa shape index (κ3) is 3.17. The Labute approximate surface area is 180 Å². The molecular formula is C23H26FN5O2. The second-order valence-electron chi connectivity index (χ2n) is 9.10. The van der Waals surface area contributed by atoms with Gasteiger partial charge in [0, 0.05) is 42.0 Å². The number of phenolic OH excluding ortho intramolecular Hbond substituents is 1. The molecule has 3 aromatic rings. The molecule has 2 saturated heterocycles. The normalized spacial score (nSPS) is 30.5.